The third kappa shape index (κ3) is 4.64. The molecule has 1 fully saturated rings. The summed E-state index contributed by atoms with van der Waals surface area (Å²) in [7, 11) is 0. The molecule has 156 valence electrons. The van der Waals surface area contributed by atoms with Gasteiger partial charge < -0.3 is 9.47 Å². The molecule has 1 saturated carbocycles. The summed E-state index contributed by atoms with van der Waals surface area (Å²) in [5.41, 5.74) is 4.07. The molecule has 4 heteroatoms. The SMILES string of the molecule is Cc1ccccc1Cn1cccc1CN(C(=O)c1cccc(F)c1)C1CCCCC1. The summed E-state index contributed by atoms with van der Waals surface area (Å²) in [5.74, 6) is -0.447. The van der Waals surface area contributed by atoms with Gasteiger partial charge in [-0.15, -0.1) is 0 Å². The standard InChI is InChI=1S/C26H29FN2O/c1-20-9-5-6-10-22(20)18-28-16-8-15-25(28)19-29(24-13-3-2-4-14-24)26(30)21-11-7-12-23(27)17-21/h5-12,15-17,24H,2-4,13-14,18-19H2,1H3. The maximum atomic E-state index is 13.8. The van der Waals surface area contributed by atoms with E-state index in [4.69, 9.17) is 0 Å². The predicted molar refractivity (Wildman–Crippen MR) is 118 cm³/mol. The Bertz CT molecular complexity index is 1000. The molecule has 0 spiro atoms. The third-order valence-corrected chi connectivity index (χ3v) is 6.21. The first-order valence-corrected chi connectivity index (χ1v) is 10.9. The Morgan fingerprint density at radius 2 is 1.83 bits per heavy atom. The van der Waals surface area contributed by atoms with E-state index >= 15 is 0 Å². The second-order valence-corrected chi connectivity index (χ2v) is 8.29. The van der Waals surface area contributed by atoms with E-state index in [1.54, 1.807) is 12.1 Å². The number of carbonyl (C=O) groups excluding carboxylic acids is 1. The molecule has 1 aromatic heterocycles. The molecular formula is C26H29FN2O. The van der Waals surface area contributed by atoms with Crippen molar-refractivity contribution in [3.05, 3.63) is 95.1 Å². The van der Waals surface area contributed by atoms with E-state index in [9.17, 15) is 9.18 Å². The van der Waals surface area contributed by atoms with Gasteiger partial charge in [0.25, 0.3) is 5.91 Å². The fourth-order valence-corrected chi connectivity index (χ4v) is 4.44. The van der Waals surface area contributed by atoms with Gasteiger partial charge in [-0.05, 0) is 61.2 Å². The second-order valence-electron chi connectivity index (χ2n) is 8.29. The van der Waals surface area contributed by atoms with E-state index in [1.165, 1.54) is 29.7 Å². The summed E-state index contributed by atoms with van der Waals surface area (Å²) in [6.07, 6.45) is 7.61. The molecule has 0 radical (unpaired) electrons. The fourth-order valence-electron chi connectivity index (χ4n) is 4.44. The van der Waals surface area contributed by atoms with Gasteiger partial charge in [-0.3, -0.25) is 4.79 Å². The zero-order valence-electron chi connectivity index (χ0n) is 17.6. The number of aryl methyl sites for hydroxylation is 1. The van der Waals surface area contributed by atoms with E-state index in [-0.39, 0.29) is 17.8 Å². The van der Waals surface area contributed by atoms with Gasteiger partial charge in [-0.2, -0.15) is 0 Å². The molecule has 30 heavy (non-hydrogen) atoms. The van der Waals surface area contributed by atoms with Gasteiger partial charge in [0.05, 0.1) is 6.54 Å². The molecule has 0 N–H and O–H groups in total. The number of amides is 1. The minimum absolute atomic E-state index is 0.0787. The van der Waals surface area contributed by atoms with E-state index in [0.29, 0.717) is 12.1 Å². The quantitative estimate of drug-likeness (QED) is 0.498. The number of rotatable bonds is 6. The van der Waals surface area contributed by atoms with Crippen molar-refractivity contribution in [3.8, 4) is 0 Å². The molecule has 0 saturated heterocycles. The Labute approximate surface area is 178 Å². The van der Waals surface area contributed by atoms with E-state index < -0.39 is 0 Å². The second kappa shape index (κ2) is 9.29. The highest BCUT2D eigenvalue weighted by Crippen LogP contribution is 2.26. The molecule has 3 aromatic rings. The molecule has 4 rings (SSSR count). The Morgan fingerprint density at radius 1 is 1.03 bits per heavy atom. The van der Waals surface area contributed by atoms with Gasteiger partial charge in [0.1, 0.15) is 5.82 Å². The van der Waals surface area contributed by atoms with Gasteiger partial charge in [-0.1, -0.05) is 49.6 Å². The van der Waals surface area contributed by atoms with Gasteiger partial charge in [0.15, 0.2) is 0 Å². The van der Waals surface area contributed by atoms with E-state index in [1.807, 2.05) is 11.0 Å². The lowest BCUT2D eigenvalue weighted by atomic mass is 9.93. The highest BCUT2D eigenvalue weighted by Gasteiger charge is 2.27. The van der Waals surface area contributed by atoms with Gasteiger partial charge >= 0.3 is 0 Å². The molecule has 1 aliphatic carbocycles. The molecule has 0 bridgehead atoms. The molecule has 3 nitrogen and oxygen atoms in total. The smallest absolute Gasteiger partial charge is 0.254 e. The van der Waals surface area contributed by atoms with Crippen LogP contribution in [0.2, 0.25) is 0 Å². The normalized spacial score (nSPS) is 14.6. The van der Waals surface area contributed by atoms with Crippen LogP contribution in [0.1, 0.15) is 59.3 Å². The summed E-state index contributed by atoms with van der Waals surface area (Å²) in [5, 5.41) is 0. The number of hydrogen-bond acceptors (Lipinski definition) is 1. The Kier molecular flexibility index (Phi) is 6.32. The Hall–Kier alpha value is -2.88. The summed E-state index contributed by atoms with van der Waals surface area (Å²) in [6.45, 7) is 3.45. The molecule has 1 aliphatic rings. The maximum absolute atomic E-state index is 13.8. The number of hydrogen-bond donors (Lipinski definition) is 0. The zero-order chi connectivity index (χ0) is 20.9. The van der Waals surface area contributed by atoms with Crippen molar-refractivity contribution in [3.63, 3.8) is 0 Å². The molecule has 0 atom stereocenters. The van der Waals surface area contributed by atoms with Crippen LogP contribution in [-0.2, 0) is 13.1 Å². The van der Waals surface area contributed by atoms with Crippen LogP contribution in [0, 0.1) is 12.7 Å². The number of halogens is 1. The summed E-state index contributed by atoms with van der Waals surface area (Å²) < 4.78 is 16.0. The molecular weight excluding hydrogens is 375 g/mol. The average molecular weight is 405 g/mol. The monoisotopic (exact) mass is 404 g/mol. The van der Waals surface area contributed by atoms with Crippen molar-refractivity contribution in [2.24, 2.45) is 0 Å². The lowest BCUT2D eigenvalue weighted by Gasteiger charge is -2.35. The van der Waals surface area contributed by atoms with E-state index in [0.717, 1.165) is 37.9 Å². The highest BCUT2D eigenvalue weighted by molar-refractivity contribution is 5.94. The lowest BCUT2D eigenvalue weighted by molar-refractivity contribution is 0.0608. The number of nitrogens with zero attached hydrogens (tertiary/aromatic N) is 2. The van der Waals surface area contributed by atoms with Gasteiger partial charge in [0, 0.05) is 30.0 Å². The summed E-state index contributed by atoms with van der Waals surface area (Å²) >= 11 is 0. The minimum atomic E-state index is -0.368. The van der Waals surface area contributed by atoms with Crippen LogP contribution in [0.25, 0.3) is 0 Å². The topological polar surface area (TPSA) is 25.2 Å². The van der Waals surface area contributed by atoms with Crippen LogP contribution in [0.4, 0.5) is 4.39 Å². The van der Waals surface area contributed by atoms with Crippen LogP contribution >= 0.6 is 0 Å². The molecule has 2 aromatic carbocycles. The Balaban J connectivity index is 1.60. The largest absolute Gasteiger partial charge is 0.345 e. The number of benzene rings is 2. The predicted octanol–water partition coefficient (Wildman–Crippen LogP) is 5.96. The van der Waals surface area contributed by atoms with Crippen molar-refractivity contribution >= 4 is 5.91 Å². The molecule has 0 aliphatic heterocycles. The van der Waals surface area contributed by atoms with Crippen molar-refractivity contribution in [1.29, 1.82) is 0 Å². The lowest BCUT2D eigenvalue weighted by Crippen LogP contribution is -2.41. The van der Waals surface area contributed by atoms with Crippen molar-refractivity contribution in [2.75, 3.05) is 0 Å². The van der Waals surface area contributed by atoms with Crippen molar-refractivity contribution in [2.45, 2.75) is 58.2 Å². The number of carbonyl (C=O) groups is 1. The highest BCUT2D eigenvalue weighted by atomic mass is 19.1. The molecule has 1 heterocycles. The third-order valence-electron chi connectivity index (χ3n) is 6.21. The molecule has 0 unspecified atom stereocenters. The first kappa shape index (κ1) is 20.4. The first-order chi connectivity index (χ1) is 14.6. The van der Waals surface area contributed by atoms with Crippen molar-refractivity contribution < 1.29 is 9.18 Å². The van der Waals surface area contributed by atoms with Crippen LogP contribution in [0.3, 0.4) is 0 Å². The van der Waals surface area contributed by atoms with Crippen LogP contribution in [0.5, 0.6) is 0 Å². The van der Waals surface area contributed by atoms with E-state index in [2.05, 4.69) is 48.0 Å². The maximum Gasteiger partial charge on any atom is 0.254 e. The van der Waals surface area contributed by atoms with Gasteiger partial charge in [-0.25, -0.2) is 4.39 Å². The van der Waals surface area contributed by atoms with Crippen LogP contribution in [0.15, 0.2) is 66.9 Å². The molecule has 1 amide bonds. The average Bonchev–Trinajstić information content (AvgIpc) is 3.20. The van der Waals surface area contributed by atoms with Crippen LogP contribution in [-0.4, -0.2) is 21.4 Å². The fraction of sp³-hybridized carbons (Fsp3) is 0.346. The van der Waals surface area contributed by atoms with Crippen molar-refractivity contribution in [1.82, 2.24) is 9.47 Å². The first-order valence-electron chi connectivity index (χ1n) is 10.9. The minimum Gasteiger partial charge on any atom is -0.345 e. The number of aromatic nitrogens is 1. The van der Waals surface area contributed by atoms with Crippen LogP contribution < -0.4 is 0 Å². The van der Waals surface area contributed by atoms with Gasteiger partial charge in [0.2, 0.25) is 0 Å². The summed E-state index contributed by atoms with van der Waals surface area (Å²) in [6, 6.07) is 18.8. The summed E-state index contributed by atoms with van der Waals surface area (Å²) in [4.78, 5) is 15.4. The zero-order valence-corrected chi connectivity index (χ0v) is 17.6. The Morgan fingerprint density at radius 3 is 2.60 bits per heavy atom.